The van der Waals surface area contributed by atoms with Gasteiger partial charge < -0.3 is 4.74 Å². The Balaban J connectivity index is 1.89. The summed E-state index contributed by atoms with van der Waals surface area (Å²) in [4.78, 5) is 11.4. The van der Waals surface area contributed by atoms with Crippen molar-refractivity contribution >= 4 is 17.6 Å². The number of esters is 1. The molecule has 2 aliphatic carbocycles. The van der Waals surface area contributed by atoms with Crippen LogP contribution in [0.5, 0.6) is 0 Å². The Kier molecular flexibility index (Phi) is 5.04. The van der Waals surface area contributed by atoms with Gasteiger partial charge in [-0.15, -0.1) is 0 Å². The summed E-state index contributed by atoms with van der Waals surface area (Å²) in [5, 5.41) is 9.80. The van der Waals surface area contributed by atoms with E-state index in [0.29, 0.717) is 28.7 Å². The zero-order chi connectivity index (χ0) is 20.9. The molecule has 2 aromatic carbocycles. The van der Waals surface area contributed by atoms with Gasteiger partial charge in [0, 0.05) is 29.8 Å². The van der Waals surface area contributed by atoms with Crippen molar-refractivity contribution < 1.29 is 22.7 Å². The van der Waals surface area contributed by atoms with Crippen molar-refractivity contribution in [2.75, 3.05) is 0 Å². The summed E-state index contributed by atoms with van der Waals surface area (Å²) in [6.45, 7) is 1.20. The Hall–Kier alpha value is -2.52. The monoisotopic (exact) mass is 419 g/mol. The molecule has 0 saturated carbocycles. The molecule has 4 rings (SSSR count). The van der Waals surface area contributed by atoms with Crippen LogP contribution in [0.2, 0.25) is 5.02 Å². The summed E-state index contributed by atoms with van der Waals surface area (Å²) in [7, 11) is 0. The van der Waals surface area contributed by atoms with Gasteiger partial charge in [-0.3, -0.25) is 4.79 Å². The highest BCUT2D eigenvalue weighted by atomic mass is 35.5. The molecule has 0 aliphatic heterocycles. The van der Waals surface area contributed by atoms with Gasteiger partial charge in [0.15, 0.2) is 6.10 Å². The Morgan fingerprint density at radius 1 is 1.21 bits per heavy atom. The van der Waals surface area contributed by atoms with Crippen LogP contribution in [0.15, 0.2) is 24.3 Å². The van der Waals surface area contributed by atoms with E-state index in [1.54, 1.807) is 12.1 Å². The van der Waals surface area contributed by atoms with Crippen LogP contribution in [-0.2, 0) is 16.0 Å². The summed E-state index contributed by atoms with van der Waals surface area (Å²) in [5.74, 6) is -1.68. The fourth-order valence-electron chi connectivity index (χ4n) is 4.61. The second-order valence-electron chi connectivity index (χ2n) is 7.44. The molecule has 0 fully saturated rings. The number of hydrogen-bond donors (Lipinski definition) is 0. The van der Waals surface area contributed by atoms with E-state index < -0.39 is 36.2 Å². The minimum atomic E-state index is -1.45. The van der Waals surface area contributed by atoms with Crippen molar-refractivity contribution in [3.05, 3.63) is 68.5 Å². The number of hydrogen-bond acceptors (Lipinski definition) is 3. The van der Waals surface area contributed by atoms with Crippen molar-refractivity contribution in [3.8, 4) is 6.07 Å². The molecule has 150 valence electrons. The lowest BCUT2D eigenvalue weighted by atomic mass is 9.74. The molecule has 2 aromatic rings. The minimum absolute atomic E-state index is 0.00284. The first-order valence-corrected chi connectivity index (χ1v) is 9.69. The summed E-state index contributed by atoms with van der Waals surface area (Å²) in [6.07, 6.45) is -3.37. The van der Waals surface area contributed by atoms with Crippen LogP contribution in [0, 0.1) is 17.1 Å². The van der Waals surface area contributed by atoms with E-state index in [1.165, 1.54) is 6.92 Å². The highest BCUT2D eigenvalue weighted by molar-refractivity contribution is 6.31. The number of nitriles is 1. The third-order valence-corrected chi connectivity index (χ3v) is 6.04. The number of rotatable bonds is 2. The maximum atomic E-state index is 14.7. The molecule has 0 radical (unpaired) electrons. The number of nitrogens with zero attached hydrogens (tertiary/aromatic N) is 1. The van der Waals surface area contributed by atoms with Crippen molar-refractivity contribution in [1.82, 2.24) is 0 Å². The van der Waals surface area contributed by atoms with Gasteiger partial charge in [-0.2, -0.15) is 5.26 Å². The average Bonchev–Trinajstić information content (AvgIpc) is 2.99. The Labute approximate surface area is 171 Å². The number of benzene rings is 2. The molecule has 0 amide bonds. The molecular formula is C22H17ClF3NO2. The van der Waals surface area contributed by atoms with Crippen molar-refractivity contribution in [2.45, 2.75) is 50.6 Å². The molecule has 4 atom stereocenters. The molecule has 0 saturated heterocycles. The van der Waals surface area contributed by atoms with Gasteiger partial charge in [0.2, 0.25) is 0 Å². The second-order valence-corrected chi connectivity index (χ2v) is 7.85. The Morgan fingerprint density at radius 3 is 2.66 bits per heavy atom. The number of alkyl halides is 2. The van der Waals surface area contributed by atoms with Crippen LogP contribution in [0.25, 0.3) is 0 Å². The molecule has 0 unspecified atom stereocenters. The number of ether oxygens (including phenoxy) is 1. The summed E-state index contributed by atoms with van der Waals surface area (Å²) in [6, 6.07) is 7.52. The lowest BCUT2D eigenvalue weighted by Crippen LogP contribution is -2.17. The normalized spacial score (nSPS) is 25.1. The van der Waals surface area contributed by atoms with Gasteiger partial charge in [-0.05, 0) is 53.3 Å². The van der Waals surface area contributed by atoms with Crippen molar-refractivity contribution in [3.63, 3.8) is 0 Å². The van der Waals surface area contributed by atoms with Gasteiger partial charge in [0.1, 0.15) is 18.2 Å². The zero-order valence-corrected chi connectivity index (χ0v) is 16.3. The number of halogens is 4. The van der Waals surface area contributed by atoms with Crippen LogP contribution in [0.1, 0.15) is 71.3 Å². The quantitative estimate of drug-likeness (QED) is 0.579. The molecule has 0 heterocycles. The van der Waals surface area contributed by atoms with E-state index in [0.717, 1.165) is 12.1 Å². The standard InChI is InChI=1S/C22H17ClF3NO2/c1-10(28)29-22-19(26)8-15-13(2-4-17(23)21(15)22)14-3-5-18(25)16-7-12(24)6-11(9-27)20(14)16/h2,4,6-7,14,18-19,22H,3,5,8H2,1H3/t14-,18+,19-,22-/m1/s1. The van der Waals surface area contributed by atoms with Gasteiger partial charge in [-0.25, -0.2) is 13.2 Å². The molecule has 29 heavy (non-hydrogen) atoms. The smallest absolute Gasteiger partial charge is 0.303 e. The summed E-state index contributed by atoms with van der Waals surface area (Å²) < 4.78 is 48.3. The van der Waals surface area contributed by atoms with E-state index in [9.17, 15) is 23.2 Å². The Bertz CT molecular complexity index is 1050. The summed E-state index contributed by atoms with van der Waals surface area (Å²) >= 11 is 6.31. The SMILES string of the molecule is CC(=O)O[C@H]1c2c(Cl)ccc([C@H]3CC[C@H](F)c4cc(F)cc(C#N)c43)c2C[C@H]1F. The molecule has 7 heteroatoms. The molecule has 0 aromatic heterocycles. The number of fused-ring (bicyclic) bond motifs is 2. The third-order valence-electron chi connectivity index (χ3n) is 5.71. The van der Waals surface area contributed by atoms with E-state index in [2.05, 4.69) is 0 Å². The van der Waals surface area contributed by atoms with Gasteiger partial charge >= 0.3 is 5.97 Å². The fourth-order valence-corrected chi connectivity index (χ4v) is 4.90. The molecule has 0 bridgehead atoms. The first kappa shape index (κ1) is 19.8. The van der Waals surface area contributed by atoms with Crippen LogP contribution >= 0.6 is 11.6 Å². The molecule has 3 nitrogen and oxygen atoms in total. The van der Waals surface area contributed by atoms with Gasteiger partial charge in [-0.1, -0.05) is 17.7 Å². The average molecular weight is 420 g/mol. The van der Waals surface area contributed by atoms with E-state index in [1.807, 2.05) is 6.07 Å². The van der Waals surface area contributed by atoms with Crippen LogP contribution < -0.4 is 0 Å². The Morgan fingerprint density at radius 2 is 1.97 bits per heavy atom. The zero-order valence-electron chi connectivity index (χ0n) is 15.5. The topological polar surface area (TPSA) is 50.1 Å². The fraction of sp³-hybridized carbons (Fsp3) is 0.364. The largest absolute Gasteiger partial charge is 0.454 e. The predicted octanol–water partition coefficient (Wildman–Crippen LogP) is 5.79. The number of carbonyl (C=O) groups is 1. The molecule has 2 aliphatic rings. The van der Waals surface area contributed by atoms with Gasteiger partial charge in [0.25, 0.3) is 0 Å². The highest BCUT2D eigenvalue weighted by Gasteiger charge is 2.41. The molecule has 0 spiro atoms. The van der Waals surface area contributed by atoms with Crippen molar-refractivity contribution in [1.29, 1.82) is 5.26 Å². The lowest BCUT2D eigenvalue weighted by molar-refractivity contribution is -0.149. The van der Waals surface area contributed by atoms with E-state index >= 15 is 0 Å². The predicted molar refractivity (Wildman–Crippen MR) is 101 cm³/mol. The van der Waals surface area contributed by atoms with Crippen LogP contribution in [0.3, 0.4) is 0 Å². The maximum Gasteiger partial charge on any atom is 0.303 e. The van der Waals surface area contributed by atoms with Crippen LogP contribution in [-0.4, -0.2) is 12.1 Å². The highest BCUT2D eigenvalue weighted by Crippen LogP contribution is 2.50. The lowest BCUT2D eigenvalue weighted by Gasteiger charge is -2.30. The molecular weight excluding hydrogens is 403 g/mol. The second kappa shape index (κ2) is 7.38. The number of carbonyl (C=O) groups excluding carboxylic acids is 1. The maximum absolute atomic E-state index is 14.7. The molecule has 0 N–H and O–H groups in total. The van der Waals surface area contributed by atoms with E-state index in [4.69, 9.17) is 16.3 Å². The van der Waals surface area contributed by atoms with E-state index in [-0.39, 0.29) is 29.0 Å². The third kappa shape index (κ3) is 3.28. The summed E-state index contributed by atoms with van der Waals surface area (Å²) in [5.41, 5.74) is 2.39. The van der Waals surface area contributed by atoms with Crippen molar-refractivity contribution in [2.24, 2.45) is 0 Å². The minimum Gasteiger partial charge on any atom is -0.454 e. The first-order valence-electron chi connectivity index (χ1n) is 9.31. The van der Waals surface area contributed by atoms with Crippen LogP contribution in [0.4, 0.5) is 13.2 Å². The first-order chi connectivity index (χ1) is 13.8. The van der Waals surface area contributed by atoms with Gasteiger partial charge in [0.05, 0.1) is 11.6 Å².